The van der Waals surface area contributed by atoms with Crippen molar-refractivity contribution in [2.45, 2.75) is 13.8 Å². The summed E-state index contributed by atoms with van der Waals surface area (Å²) in [6, 6.07) is 5.30. The van der Waals surface area contributed by atoms with Crippen LogP contribution in [-0.4, -0.2) is 17.0 Å². The molecule has 0 saturated carbocycles. The molecule has 0 radical (unpaired) electrons. The van der Waals surface area contributed by atoms with Gasteiger partial charge in [-0.2, -0.15) is 0 Å². The molecule has 0 heterocycles. The van der Waals surface area contributed by atoms with Gasteiger partial charge in [-0.1, -0.05) is 17.3 Å². The SMILES string of the molecule is CC(=O)Nc1cccc(C)c1/C(N)=N/O. The van der Waals surface area contributed by atoms with Crippen molar-refractivity contribution in [3.05, 3.63) is 29.3 Å². The van der Waals surface area contributed by atoms with E-state index in [1.54, 1.807) is 12.1 Å². The molecule has 0 spiro atoms. The van der Waals surface area contributed by atoms with E-state index in [1.807, 2.05) is 13.0 Å². The summed E-state index contributed by atoms with van der Waals surface area (Å²) in [6.45, 7) is 3.22. The molecule has 0 aliphatic rings. The van der Waals surface area contributed by atoms with Crippen LogP contribution in [-0.2, 0) is 4.79 Å². The Labute approximate surface area is 87.6 Å². The molecule has 0 aliphatic carbocycles. The predicted molar refractivity (Wildman–Crippen MR) is 58.0 cm³/mol. The first-order valence-electron chi connectivity index (χ1n) is 4.41. The highest BCUT2D eigenvalue weighted by Gasteiger charge is 2.10. The highest BCUT2D eigenvalue weighted by Crippen LogP contribution is 2.19. The first-order chi connectivity index (χ1) is 7.06. The van der Waals surface area contributed by atoms with Gasteiger partial charge >= 0.3 is 0 Å². The minimum Gasteiger partial charge on any atom is -0.409 e. The third-order valence-corrected chi connectivity index (χ3v) is 1.95. The van der Waals surface area contributed by atoms with Crippen LogP contribution in [0.3, 0.4) is 0 Å². The lowest BCUT2D eigenvalue weighted by atomic mass is 10.1. The normalized spacial score (nSPS) is 11.2. The Bertz CT molecular complexity index is 413. The summed E-state index contributed by atoms with van der Waals surface area (Å²) in [6.07, 6.45) is 0. The maximum absolute atomic E-state index is 10.9. The minimum absolute atomic E-state index is 0.0168. The number of hydrogen-bond donors (Lipinski definition) is 3. The largest absolute Gasteiger partial charge is 0.409 e. The molecule has 0 atom stereocenters. The number of amides is 1. The number of nitrogens with zero attached hydrogens (tertiary/aromatic N) is 1. The van der Waals surface area contributed by atoms with Gasteiger partial charge in [-0.05, 0) is 18.6 Å². The number of oxime groups is 1. The van der Waals surface area contributed by atoms with Crippen molar-refractivity contribution in [1.82, 2.24) is 0 Å². The molecule has 5 nitrogen and oxygen atoms in total. The van der Waals surface area contributed by atoms with Gasteiger partial charge in [0.05, 0.1) is 5.69 Å². The smallest absolute Gasteiger partial charge is 0.221 e. The van der Waals surface area contributed by atoms with Crippen molar-refractivity contribution in [3.8, 4) is 0 Å². The highest BCUT2D eigenvalue weighted by atomic mass is 16.4. The van der Waals surface area contributed by atoms with Crippen LogP contribution in [0.4, 0.5) is 5.69 Å². The van der Waals surface area contributed by atoms with Gasteiger partial charge in [0.1, 0.15) is 0 Å². The van der Waals surface area contributed by atoms with E-state index in [2.05, 4.69) is 10.5 Å². The topological polar surface area (TPSA) is 87.7 Å². The Balaban J connectivity index is 3.26. The number of amidine groups is 1. The van der Waals surface area contributed by atoms with E-state index in [1.165, 1.54) is 6.92 Å². The third-order valence-electron chi connectivity index (χ3n) is 1.95. The molecule has 1 rings (SSSR count). The van der Waals surface area contributed by atoms with Crippen molar-refractivity contribution in [1.29, 1.82) is 0 Å². The zero-order valence-corrected chi connectivity index (χ0v) is 8.61. The number of anilines is 1. The molecule has 0 aromatic heterocycles. The van der Waals surface area contributed by atoms with Gasteiger partial charge in [0.2, 0.25) is 5.91 Å². The zero-order chi connectivity index (χ0) is 11.4. The molecular weight excluding hydrogens is 194 g/mol. The number of carbonyl (C=O) groups is 1. The number of hydrogen-bond acceptors (Lipinski definition) is 3. The van der Waals surface area contributed by atoms with Gasteiger partial charge in [-0.25, -0.2) is 0 Å². The zero-order valence-electron chi connectivity index (χ0n) is 8.61. The summed E-state index contributed by atoms with van der Waals surface area (Å²) in [7, 11) is 0. The molecule has 1 aromatic rings. The molecule has 0 saturated heterocycles. The Morgan fingerprint density at radius 2 is 2.20 bits per heavy atom. The first kappa shape index (κ1) is 11.0. The minimum atomic E-state index is -0.201. The number of carbonyl (C=O) groups excluding carboxylic acids is 1. The lowest BCUT2D eigenvalue weighted by Gasteiger charge is -2.10. The molecular formula is C10H13N3O2. The number of aryl methyl sites for hydroxylation is 1. The van der Waals surface area contributed by atoms with E-state index in [-0.39, 0.29) is 11.7 Å². The maximum Gasteiger partial charge on any atom is 0.221 e. The van der Waals surface area contributed by atoms with Crippen LogP contribution in [0.25, 0.3) is 0 Å². The molecule has 0 bridgehead atoms. The lowest BCUT2D eigenvalue weighted by Crippen LogP contribution is -2.19. The molecule has 0 unspecified atom stereocenters. The maximum atomic E-state index is 10.9. The number of nitrogens with two attached hydrogens (primary N) is 1. The number of benzene rings is 1. The second kappa shape index (κ2) is 4.45. The van der Waals surface area contributed by atoms with Gasteiger partial charge in [-0.3, -0.25) is 4.79 Å². The summed E-state index contributed by atoms with van der Waals surface area (Å²) in [5, 5.41) is 14.2. The molecule has 1 aromatic carbocycles. The van der Waals surface area contributed by atoms with Crippen molar-refractivity contribution >= 4 is 17.4 Å². The highest BCUT2D eigenvalue weighted by molar-refractivity contribution is 6.06. The standard InChI is InChI=1S/C10H13N3O2/c1-6-4-3-5-8(12-7(2)14)9(6)10(11)13-15/h3-5,15H,1-2H3,(H2,11,13)(H,12,14). The monoisotopic (exact) mass is 207 g/mol. The second-order valence-corrected chi connectivity index (χ2v) is 3.16. The number of nitrogens with one attached hydrogen (secondary N) is 1. The molecule has 4 N–H and O–H groups in total. The van der Waals surface area contributed by atoms with Gasteiger partial charge in [0, 0.05) is 12.5 Å². The van der Waals surface area contributed by atoms with E-state index in [9.17, 15) is 4.79 Å². The quantitative estimate of drug-likeness (QED) is 0.293. The fraction of sp³-hybridized carbons (Fsp3) is 0.200. The van der Waals surface area contributed by atoms with Gasteiger partial charge in [0.25, 0.3) is 0 Å². The van der Waals surface area contributed by atoms with Crippen LogP contribution >= 0.6 is 0 Å². The van der Waals surface area contributed by atoms with E-state index < -0.39 is 0 Å². The Hall–Kier alpha value is -2.04. The fourth-order valence-corrected chi connectivity index (χ4v) is 1.35. The van der Waals surface area contributed by atoms with Crippen molar-refractivity contribution < 1.29 is 10.0 Å². The predicted octanol–water partition coefficient (Wildman–Crippen LogP) is 1.05. The first-order valence-corrected chi connectivity index (χ1v) is 4.41. The van der Waals surface area contributed by atoms with Crippen LogP contribution in [0.15, 0.2) is 23.4 Å². The summed E-state index contributed by atoms with van der Waals surface area (Å²) in [5.41, 5.74) is 7.43. The number of rotatable bonds is 2. The van der Waals surface area contributed by atoms with Crippen molar-refractivity contribution in [3.63, 3.8) is 0 Å². The van der Waals surface area contributed by atoms with Gasteiger partial charge in [0.15, 0.2) is 5.84 Å². The van der Waals surface area contributed by atoms with Gasteiger partial charge in [-0.15, -0.1) is 0 Å². The Morgan fingerprint density at radius 1 is 1.53 bits per heavy atom. The average Bonchev–Trinajstić information content (AvgIpc) is 2.16. The molecule has 1 amide bonds. The summed E-state index contributed by atoms with van der Waals surface area (Å²) < 4.78 is 0. The van der Waals surface area contributed by atoms with Crippen molar-refractivity contribution in [2.75, 3.05) is 5.32 Å². The third kappa shape index (κ3) is 2.46. The van der Waals surface area contributed by atoms with E-state index in [4.69, 9.17) is 10.9 Å². The van der Waals surface area contributed by atoms with Crippen LogP contribution in [0, 0.1) is 6.92 Å². The van der Waals surface area contributed by atoms with Crippen LogP contribution in [0.1, 0.15) is 18.1 Å². The van der Waals surface area contributed by atoms with Crippen LogP contribution in [0.5, 0.6) is 0 Å². The van der Waals surface area contributed by atoms with Gasteiger partial charge < -0.3 is 16.3 Å². The summed E-state index contributed by atoms with van der Waals surface area (Å²) >= 11 is 0. The van der Waals surface area contributed by atoms with Crippen molar-refractivity contribution in [2.24, 2.45) is 10.9 Å². The fourth-order valence-electron chi connectivity index (χ4n) is 1.35. The lowest BCUT2D eigenvalue weighted by molar-refractivity contribution is -0.114. The molecule has 5 heteroatoms. The molecule has 0 aliphatic heterocycles. The van der Waals surface area contributed by atoms with Crippen LogP contribution in [0.2, 0.25) is 0 Å². The van der Waals surface area contributed by atoms with E-state index in [0.29, 0.717) is 11.3 Å². The molecule has 80 valence electrons. The Kier molecular flexibility index (Phi) is 3.28. The molecule has 0 fully saturated rings. The van der Waals surface area contributed by atoms with E-state index in [0.717, 1.165) is 5.56 Å². The average molecular weight is 207 g/mol. The van der Waals surface area contributed by atoms with Crippen LogP contribution < -0.4 is 11.1 Å². The Morgan fingerprint density at radius 3 is 2.73 bits per heavy atom. The van der Waals surface area contributed by atoms with E-state index >= 15 is 0 Å². The summed E-state index contributed by atoms with van der Waals surface area (Å²) in [4.78, 5) is 10.9. The molecule has 15 heavy (non-hydrogen) atoms. The summed E-state index contributed by atoms with van der Waals surface area (Å²) in [5.74, 6) is -0.218. The second-order valence-electron chi connectivity index (χ2n) is 3.16.